The number of carbonyl (C=O) groups is 1. The van der Waals surface area contributed by atoms with Crippen LogP contribution >= 0.6 is 11.3 Å². The van der Waals surface area contributed by atoms with Gasteiger partial charge >= 0.3 is 0 Å². The predicted octanol–water partition coefficient (Wildman–Crippen LogP) is 4.18. The van der Waals surface area contributed by atoms with E-state index < -0.39 is 17.5 Å². The topological polar surface area (TPSA) is 42.2 Å². The maximum Gasteiger partial charge on any atom is 0.251 e. The first-order valence-corrected chi connectivity index (χ1v) is 7.83. The maximum absolute atomic E-state index is 13.2. The second-order valence-corrected chi connectivity index (χ2v) is 5.90. The van der Waals surface area contributed by atoms with E-state index in [9.17, 15) is 13.6 Å². The van der Waals surface area contributed by atoms with Crippen LogP contribution in [0.15, 0.2) is 58.5 Å². The molecule has 1 atom stereocenters. The maximum atomic E-state index is 13.2. The molecule has 23 heavy (non-hydrogen) atoms. The fraction of sp³-hybridized carbons (Fsp3) is 0.118. The summed E-state index contributed by atoms with van der Waals surface area (Å²) < 4.78 is 31.6. The minimum absolute atomic E-state index is 0.0771. The lowest BCUT2D eigenvalue weighted by molar-refractivity contribution is 0.0951. The molecule has 2 heterocycles. The fourth-order valence-corrected chi connectivity index (χ4v) is 3.09. The number of hydrogen-bond acceptors (Lipinski definition) is 3. The molecule has 3 aromatic rings. The van der Waals surface area contributed by atoms with E-state index in [-0.39, 0.29) is 11.5 Å². The van der Waals surface area contributed by atoms with E-state index in [1.54, 1.807) is 23.7 Å². The minimum atomic E-state index is -1.04. The SMILES string of the molecule is O=C(NC[C@H](c1ccco1)c1cccs1)c1ccc(F)c(F)c1. The van der Waals surface area contributed by atoms with Gasteiger partial charge < -0.3 is 9.73 Å². The molecule has 0 radical (unpaired) electrons. The Kier molecular flexibility index (Phi) is 4.52. The van der Waals surface area contributed by atoms with Crippen molar-refractivity contribution in [1.82, 2.24) is 5.32 Å². The zero-order chi connectivity index (χ0) is 16.2. The molecule has 0 aliphatic carbocycles. The highest BCUT2D eigenvalue weighted by Gasteiger charge is 2.19. The quantitative estimate of drug-likeness (QED) is 0.761. The third kappa shape index (κ3) is 3.48. The van der Waals surface area contributed by atoms with Gasteiger partial charge in [-0.2, -0.15) is 0 Å². The molecule has 1 N–H and O–H groups in total. The first-order chi connectivity index (χ1) is 11.1. The number of amides is 1. The highest BCUT2D eigenvalue weighted by molar-refractivity contribution is 7.10. The van der Waals surface area contributed by atoms with Crippen LogP contribution in [-0.2, 0) is 0 Å². The van der Waals surface area contributed by atoms with E-state index in [2.05, 4.69) is 5.32 Å². The number of benzene rings is 1. The van der Waals surface area contributed by atoms with E-state index in [1.165, 1.54) is 6.07 Å². The average molecular weight is 333 g/mol. The van der Waals surface area contributed by atoms with Crippen LogP contribution in [0.4, 0.5) is 8.78 Å². The Bertz CT molecular complexity index is 751. The van der Waals surface area contributed by atoms with Crippen molar-refractivity contribution >= 4 is 17.2 Å². The van der Waals surface area contributed by atoms with E-state index in [4.69, 9.17) is 4.42 Å². The number of furan rings is 1. The monoisotopic (exact) mass is 333 g/mol. The van der Waals surface area contributed by atoms with Gasteiger partial charge in [0.25, 0.3) is 5.91 Å². The molecule has 0 bridgehead atoms. The van der Waals surface area contributed by atoms with E-state index in [1.807, 2.05) is 23.6 Å². The highest BCUT2D eigenvalue weighted by atomic mass is 32.1. The third-order valence-electron chi connectivity index (χ3n) is 3.42. The Morgan fingerprint density at radius 2 is 2.04 bits per heavy atom. The first-order valence-electron chi connectivity index (χ1n) is 6.95. The summed E-state index contributed by atoms with van der Waals surface area (Å²) in [5, 5.41) is 4.69. The summed E-state index contributed by atoms with van der Waals surface area (Å²) in [6, 6.07) is 10.6. The number of halogens is 2. The number of thiophene rings is 1. The van der Waals surface area contributed by atoms with Crippen LogP contribution in [0.3, 0.4) is 0 Å². The summed E-state index contributed by atoms with van der Waals surface area (Å²) >= 11 is 1.56. The second-order valence-electron chi connectivity index (χ2n) is 4.92. The van der Waals surface area contributed by atoms with Crippen molar-refractivity contribution in [2.75, 3.05) is 6.54 Å². The molecular formula is C17H13F2NO2S. The highest BCUT2D eigenvalue weighted by Crippen LogP contribution is 2.28. The van der Waals surface area contributed by atoms with Gasteiger partial charge in [0.2, 0.25) is 0 Å². The van der Waals surface area contributed by atoms with Crippen molar-refractivity contribution in [3.05, 3.63) is 81.9 Å². The van der Waals surface area contributed by atoms with E-state index in [0.717, 1.165) is 22.8 Å². The lowest BCUT2D eigenvalue weighted by atomic mass is 10.0. The molecule has 118 valence electrons. The van der Waals surface area contributed by atoms with Gasteiger partial charge in [-0.25, -0.2) is 8.78 Å². The Labute approximate surface area is 135 Å². The van der Waals surface area contributed by atoms with Crippen molar-refractivity contribution in [1.29, 1.82) is 0 Å². The van der Waals surface area contributed by atoms with Gasteiger partial charge in [0, 0.05) is 17.0 Å². The molecule has 0 saturated heterocycles. The van der Waals surface area contributed by atoms with Gasteiger partial charge in [0.1, 0.15) is 5.76 Å². The molecule has 1 aromatic carbocycles. The standard InChI is InChI=1S/C17H13F2NO2S/c18-13-6-5-11(9-14(13)19)17(21)20-10-12(15-3-1-7-22-15)16-4-2-8-23-16/h1-9,12H,10H2,(H,20,21)/t12-/m1/s1. The normalized spacial score (nSPS) is 12.1. The lowest BCUT2D eigenvalue weighted by Crippen LogP contribution is -2.28. The molecule has 0 aliphatic rings. The van der Waals surface area contributed by atoms with Crippen molar-refractivity contribution in [2.24, 2.45) is 0 Å². The van der Waals surface area contributed by atoms with Crippen LogP contribution in [0.2, 0.25) is 0 Å². The number of carbonyl (C=O) groups excluding carboxylic acids is 1. The van der Waals surface area contributed by atoms with Crippen molar-refractivity contribution in [2.45, 2.75) is 5.92 Å². The fourth-order valence-electron chi connectivity index (χ4n) is 2.25. The molecule has 6 heteroatoms. The Balaban J connectivity index is 1.74. The van der Waals surface area contributed by atoms with E-state index >= 15 is 0 Å². The van der Waals surface area contributed by atoms with Crippen LogP contribution in [0.25, 0.3) is 0 Å². The second kappa shape index (κ2) is 6.75. The van der Waals surface area contributed by atoms with E-state index in [0.29, 0.717) is 6.54 Å². The number of nitrogens with one attached hydrogen (secondary N) is 1. The van der Waals surface area contributed by atoms with Crippen LogP contribution in [0.1, 0.15) is 26.9 Å². The molecule has 0 spiro atoms. The Morgan fingerprint density at radius 3 is 2.70 bits per heavy atom. The van der Waals surface area contributed by atoms with Gasteiger partial charge in [-0.3, -0.25) is 4.79 Å². The van der Waals surface area contributed by atoms with Crippen molar-refractivity contribution in [3.63, 3.8) is 0 Å². The summed E-state index contributed by atoms with van der Waals surface area (Å²) in [7, 11) is 0. The molecule has 2 aromatic heterocycles. The van der Waals surface area contributed by atoms with Crippen molar-refractivity contribution in [3.8, 4) is 0 Å². The summed E-state index contributed by atoms with van der Waals surface area (Å²) in [5.74, 6) is -1.87. The molecule has 0 unspecified atom stereocenters. The summed E-state index contributed by atoms with van der Waals surface area (Å²) in [6.45, 7) is 0.297. The lowest BCUT2D eigenvalue weighted by Gasteiger charge is -2.14. The van der Waals surface area contributed by atoms with Gasteiger partial charge in [-0.05, 0) is 41.8 Å². The Hall–Kier alpha value is -2.47. The summed E-state index contributed by atoms with van der Waals surface area (Å²) in [5.41, 5.74) is 0.0771. The number of rotatable bonds is 5. The minimum Gasteiger partial charge on any atom is -0.469 e. The van der Waals surface area contributed by atoms with Crippen LogP contribution < -0.4 is 5.32 Å². The van der Waals surface area contributed by atoms with Crippen LogP contribution in [0, 0.1) is 11.6 Å². The van der Waals surface area contributed by atoms with Crippen molar-refractivity contribution < 1.29 is 18.0 Å². The summed E-state index contributed by atoms with van der Waals surface area (Å²) in [6.07, 6.45) is 1.58. The van der Waals surface area contributed by atoms with Gasteiger partial charge in [0.05, 0.1) is 12.2 Å². The van der Waals surface area contributed by atoms with Gasteiger partial charge in [-0.1, -0.05) is 6.07 Å². The summed E-state index contributed by atoms with van der Waals surface area (Å²) in [4.78, 5) is 13.2. The smallest absolute Gasteiger partial charge is 0.251 e. The molecular weight excluding hydrogens is 320 g/mol. The average Bonchev–Trinajstić information content (AvgIpc) is 3.24. The molecule has 0 saturated carbocycles. The third-order valence-corrected chi connectivity index (χ3v) is 4.41. The molecule has 0 aliphatic heterocycles. The molecule has 1 amide bonds. The molecule has 3 rings (SSSR count). The Morgan fingerprint density at radius 1 is 1.17 bits per heavy atom. The van der Waals surface area contributed by atoms with Gasteiger partial charge in [0.15, 0.2) is 11.6 Å². The molecule has 0 fully saturated rings. The first kappa shape index (κ1) is 15.4. The largest absolute Gasteiger partial charge is 0.469 e. The van der Waals surface area contributed by atoms with Crippen LogP contribution in [-0.4, -0.2) is 12.5 Å². The van der Waals surface area contributed by atoms with Gasteiger partial charge in [-0.15, -0.1) is 11.3 Å². The predicted molar refractivity (Wildman–Crippen MR) is 83.6 cm³/mol. The number of hydrogen-bond donors (Lipinski definition) is 1. The van der Waals surface area contributed by atoms with Crippen LogP contribution in [0.5, 0.6) is 0 Å². The molecule has 3 nitrogen and oxygen atoms in total. The zero-order valence-electron chi connectivity index (χ0n) is 12.0. The zero-order valence-corrected chi connectivity index (χ0v) is 12.8.